The highest BCUT2D eigenvalue weighted by Gasteiger charge is 2.20. The highest BCUT2D eigenvalue weighted by atomic mass is 35.5. The monoisotopic (exact) mass is 472 g/mol. The highest BCUT2D eigenvalue weighted by molar-refractivity contribution is 6.41. The van der Waals surface area contributed by atoms with E-state index in [1.165, 1.54) is 6.92 Å². The van der Waals surface area contributed by atoms with Crippen LogP contribution in [-0.4, -0.2) is 22.0 Å². The minimum atomic E-state index is -1.17. The molecular weight excluding hydrogens is 458 g/mol. The van der Waals surface area contributed by atoms with Crippen LogP contribution in [0.15, 0.2) is 42.5 Å². The van der Waals surface area contributed by atoms with Gasteiger partial charge in [-0.3, -0.25) is 9.59 Å². The van der Waals surface area contributed by atoms with Crippen molar-refractivity contribution in [1.29, 1.82) is 0 Å². The Kier molecular flexibility index (Phi) is 8.11. The number of carbonyl (C=O) groups is 2. The summed E-state index contributed by atoms with van der Waals surface area (Å²) in [7, 11) is 0. The molecular formula is C20H16Cl4N2O3. The summed E-state index contributed by atoms with van der Waals surface area (Å²) in [5, 5.41) is 13.8. The van der Waals surface area contributed by atoms with E-state index in [0.717, 1.165) is 10.9 Å². The fourth-order valence-corrected chi connectivity index (χ4v) is 3.07. The summed E-state index contributed by atoms with van der Waals surface area (Å²) in [6.07, 6.45) is 0. The quantitative estimate of drug-likeness (QED) is 0.336. The second kappa shape index (κ2) is 10.1. The number of halogens is 4. The number of anilines is 1. The van der Waals surface area contributed by atoms with Gasteiger partial charge in [-0.1, -0.05) is 70.7 Å². The molecule has 0 aliphatic heterocycles. The Labute approximate surface area is 187 Å². The van der Waals surface area contributed by atoms with Gasteiger partial charge in [0.25, 0.3) is 0 Å². The summed E-state index contributed by atoms with van der Waals surface area (Å²) in [6.45, 7) is 3.15. The molecule has 9 heteroatoms. The molecule has 1 amide bonds. The number of hydrogen-bond acceptors (Lipinski definition) is 3. The average molecular weight is 474 g/mol. The molecule has 0 fully saturated rings. The molecule has 1 aromatic heterocycles. The molecule has 1 heterocycles. The number of carbonyl (C=O) groups excluding carboxylic acids is 1. The number of benzene rings is 2. The van der Waals surface area contributed by atoms with Crippen LogP contribution in [0, 0.1) is 12.8 Å². The highest BCUT2D eigenvalue weighted by Crippen LogP contribution is 2.33. The van der Waals surface area contributed by atoms with Crippen LogP contribution < -0.4 is 5.32 Å². The molecule has 0 radical (unpaired) electrons. The van der Waals surface area contributed by atoms with Gasteiger partial charge in [0, 0.05) is 10.9 Å². The molecule has 0 saturated carbocycles. The van der Waals surface area contributed by atoms with Crippen molar-refractivity contribution in [1.82, 2.24) is 4.98 Å². The van der Waals surface area contributed by atoms with Gasteiger partial charge in [-0.25, -0.2) is 4.98 Å². The number of carboxylic acids is 1. The summed E-state index contributed by atoms with van der Waals surface area (Å²) in [6, 6.07) is 12.1. The second-order valence-electron chi connectivity index (χ2n) is 6.01. The number of aromatic nitrogens is 1. The second-order valence-corrected chi connectivity index (χ2v) is 7.56. The predicted molar refractivity (Wildman–Crippen MR) is 118 cm³/mol. The number of fused-ring (bicyclic) bond motifs is 1. The summed E-state index contributed by atoms with van der Waals surface area (Å²) < 4.78 is 0. The number of nitrogens with one attached hydrogen (secondary N) is 1. The molecule has 1 unspecified atom stereocenters. The minimum absolute atomic E-state index is 0.378. The Morgan fingerprint density at radius 1 is 1.00 bits per heavy atom. The molecule has 0 spiro atoms. The number of hydrogen-bond donors (Lipinski definition) is 2. The number of aliphatic carboxylic acids is 1. The van der Waals surface area contributed by atoms with E-state index in [1.54, 1.807) is 30.3 Å². The third kappa shape index (κ3) is 5.73. The first-order valence-corrected chi connectivity index (χ1v) is 9.82. The zero-order valence-electron chi connectivity index (χ0n) is 15.3. The van der Waals surface area contributed by atoms with Crippen molar-refractivity contribution in [2.75, 3.05) is 5.32 Å². The van der Waals surface area contributed by atoms with E-state index in [1.807, 2.05) is 19.1 Å². The summed E-state index contributed by atoms with van der Waals surface area (Å²) in [4.78, 5) is 26.1. The number of carboxylic acid groups (broad SMARTS) is 1. The minimum Gasteiger partial charge on any atom is -0.481 e. The maximum Gasteiger partial charge on any atom is 0.315 e. The Balaban J connectivity index is 0.000000207. The van der Waals surface area contributed by atoms with Gasteiger partial charge in [-0.05, 0) is 32.0 Å². The number of pyridine rings is 1. The third-order valence-electron chi connectivity index (χ3n) is 3.97. The van der Waals surface area contributed by atoms with Crippen LogP contribution in [0.1, 0.15) is 12.5 Å². The largest absolute Gasteiger partial charge is 0.481 e. The van der Waals surface area contributed by atoms with Gasteiger partial charge in [-0.15, -0.1) is 0 Å². The molecule has 0 saturated heterocycles. The van der Waals surface area contributed by atoms with Crippen LogP contribution in [-0.2, 0) is 9.59 Å². The van der Waals surface area contributed by atoms with E-state index in [0.29, 0.717) is 31.4 Å². The maximum atomic E-state index is 11.4. The molecule has 0 aliphatic rings. The van der Waals surface area contributed by atoms with Gasteiger partial charge >= 0.3 is 5.97 Å². The molecule has 3 aromatic rings. The van der Waals surface area contributed by atoms with Gasteiger partial charge in [0.1, 0.15) is 11.1 Å². The van der Waals surface area contributed by atoms with Crippen molar-refractivity contribution >= 4 is 74.9 Å². The average Bonchev–Trinajstić information content (AvgIpc) is 2.68. The SMILES string of the molecule is CC(C(=O)O)C(=O)Nc1ccccc1Cl.Cc1c(Cl)nc2c(Cl)cccc2c1Cl. The number of nitrogens with zero attached hydrogens (tertiary/aromatic N) is 1. The Bertz CT molecular complexity index is 1070. The lowest BCUT2D eigenvalue weighted by Gasteiger charge is -2.09. The molecule has 2 aromatic carbocycles. The summed E-state index contributed by atoms with van der Waals surface area (Å²) in [5.74, 6) is -2.85. The summed E-state index contributed by atoms with van der Waals surface area (Å²) >= 11 is 23.8. The lowest BCUT2D eigenvalue weighted by atomic mass is 10.1. The molecule has 2 N–H and O–H groups in total. The fraction of sp³-hybridized carbons (Fsp3) is 0.150. The molecule has 1 atom stereocenters. The van der Waals surface area contributed by atoms with Crippen molar-refractivity contribution < 1.29 is 14.7 Å². The lowest BCUT2D eigenvalue weighted by Crippen LogP contribution is -2.26. The Hall–Kier alpha value is -2.05. The molecule has 29 heavy (non-hydrogen) atoms. The number of para-hydroxylation sites is 2. The Morgan fingerprint density at radius 3 is 2.24 bits per heavy atom. The molecule has 5 nitrogen and oxygen atoms in total. The Morgan fingerprint density at radius 2 is 1.62 bits per heavy atom. The lowest BCUT2D eigenvalue weighted by molar-refractivity contribution is -0.144. The first-order valence-electron chi connectivity index (χ1n) is 8.31. The molecule has 0 aliphatic carbocycles. The zero-order chi connectivity index (χ0) is 21.7. The van der Waals surface area contributed by atoms with Gasteiger partial charge in [-0.2, -0.15) is 0 Å². The first-order chi connectivity index (χ1) is 13.6. The van der Waals surface area contributed by atoms with E-state index in [-0.39, 0.29) is 0 Å². The van der Waals surface area contributed by atoms with Crippen molar-refractivity contribution in [2.24, 2.45) is 5.92 Å². The van der Waals surface area contributed by atoms with Gasteiger partial charge in [0.2, 0.25) is 5.91 Å². The number of rotatable bonds is 3. The van der Waals surface area contributed by atoms with Crippen molar-refractivity contribution in [3.05, 3.63) is 68.2 Å². The molecule has 152 valence electrons. The van der Waals surface area contributed by atoms with Crippen LogP contribution in [0.2, 0.25) is 20.2 Å². The van der Waals surface area contributed by atoms with E-state index >= 15 is 0 Å². The van der Waals surface area contributed by atoms with Crippen molar-refractivity contribution in [3.63, 3.8) is 0 Å². The van der Waals surface area contributed by atoms with Gasteiger partial charge in [0.05, 0.1) is 26.3 Å². The fourth-order valence-electron chi connectivity index (χ4n) is 2.20. The first kappa shape index (κ1) is 23.2. The normalized spacial score (nSPS) is 11.4. The van der Waals surface area contributed by atoms with Crippen LogP contribution in [0.3, 0.4) is 0 Å². The smallest absolute Gasteiger partial charge is 0.315 e. The standard InChI is InChI=1S/C10H6Cl3N.C10H10ClNO3/c1-5-8(12)6-3-2-4-7(11)9(6)14-10(5)13;1-6(10(14)15)9(13)12-8-5-3-2-4-7(8)11/h2-4H,1H3;2-6H,1H3,(H,12,13)(H,14,15). The van der Waals surface area contributed by atoms with Crippen LogP contribution in [0.5, 0.6) is 0 Å². The predicted octanol–water partition coefficient (Wildman–Crippen LogP) is 6.50. The maximum absolute atomic E-state index is 11.4. The summed E-state index contributed by atoms with van der Waals surface area (Å²) in [5.41, 5.74) is 1.84. The van der Waals surface area contributed by atoms with Crippen LogP contribution in [0.4, 0.5) is 5.69 Å². The van der Waals surface area contributed by atoms with Crippen molar-refractivity contribution in [2.45, 2.75) is 13.8 Å². The molecule has 3 rings (SSSR count). The van der Waals surface area contributed by atoms with Crippen molar-refractivity contribution in [3.8, 4) is 0 Å². The zero-order valence-corrected chi connectivity index (χ0v) is 18.4. The van der Waals surface area contributed by atoms with E-state index in [4.69, 9.17) is 51.5 Å². The van der Waals surface area contributed by atoms with E-state index < -0.39 is 17.8 Å². The molecule has 0 bridgehead atoms. The van der Waals surface area contributed by atoms with Gasteiger partial charge < -0.3 is 10.4 Å². The van der Waals surface area contributed by atoms with Crippen LogP contribution >= 0.6 is 46.4 Å². The van der Waals surface area contributed by atoms with Crippen LogP contribution in [0.25, 0.3) is 10.9 Å². The van der Waals surface area contributed by atoms with E-state index in [2.05, 4.69) is 10.3 Å². The third-order valence-corrected chi connectivity index (χ3v) is 5.46. The topological polar surface area (TPSA) is 79.3 Å². The number of amides is 1. The van der Waals surface area contributed by atoms with Gasteiger partial charge in [0.15, 0.2) is 0 Å². The van der Waals surface area contributed by atoms with E-state index in [9.17, 15) is 9.59 Å².